The molecule has 98 valence electrons. The number of hydrogen-bond donors (Lipinski definition) is 0. The van der Waals surface area contributed by atoms with E-state index in [-0.39, 0.29) is 24.0 Å². The molecule has 0 bridgehead atoms. The molecule has 7 nitrogen and oxygen atoms in total. The molecular weight excluding hydrogens is 260 g/mol. The molecule has 0 unspecified atom stereocenters. The van der Waals surface area contributed by atoms with Crippen LogP contribution in [-0.4, -0.2) is 40.1 Å². The van der Waals surface area contributed by atoms with Gasteiger partial charge in [0.05, 0.1) is 11.8 Å². The van der Waals surface area contributed by atoms with Gasteiger partial charge in [-0.2, -0.15) is 5.01 Å². The summed E-state index contributed by atoms with van der Waals surface area (Å²) in [4.78, 5) is 25.8. The Morgan fingerprint density at radius 3 is 2.78 bits per heavy atom. The number of alkyl halides is 1. The Labute approximate surface area is 109 Å². The normalized spacial score (nSPS) is 9.89. The van der Waals surface area contributed by atoms with Crippen LogP contribution in [0.5, 0.6) is 0 Å². The highest BCUT2D eigenvalue weighted by molar-refractivity contribution is 6.18. The number of amides is 2. The Balaban J connectivity index is 2.47. The molecule has 0 aromatic carbocycles. The third-order valence-corrected chi connectivity index (χ3v) is 2.30. The van der Waals surface area contributed by atoms with Crippen molar-refractivity contribution in [1.29, 1.82) is 0 Å². The van der Waals surface area contributed by atoms with E-state index in [0.717, 1.165) is 0 Å². The van der Waals surface area contributed by atoms with Gasteiger partial charge >= 0.3 is 6.03 Å². The van der Waals surface area contributed by atoms with E-state index in [1.165, 1.54) is 0 Å². The van der Waals surface area contributed by atoms with Crippen LogP contribution in [-0.2, 0) is 6.42 Å². The molecule has 2 amide bonds. The van der Waals surface area contributed by atoms with Gasteiger partial charge in [-0.05, 0) is 12.1 Å². The number of halogens is 1. The molecule has 0 radical (unpaired) electrons. The summed E-state index contributed by atoms with van der Waals surface area (Å²) in [6.45, 7) is -0.184. The molecule has 0 aliphatic rings. The maximum Gasteiger partial charge on any atom is 0.332 e. The lowest BCUT2D eigenvalue weighted by atomic mass is 10.3. The zero-order chi connectivity index (χ0) is 13.4. The number of aromatic nitrogens is 1. The molecule has 1 rings (SSSR count). The average Bonchev–Trinajstić information content (AvgIpc) is 2.42. The van der Waals surface area contributed by atoms with E-state index >= 15 is 0 Å². The molecular formula is C10H12ClN4O3-. The molecule has 0 aliphatic heterocycles. The van der Waals surface area contributed by atoms with Crippen molar-refractivity contribution in [3.8, 4) is 0 Å². The minimum Gasteiger partial charge on any atom is -0.755 e. The van der Waals surface area contributed by atoms with Gasteiger partial charge < -0.3 is 10.3 Å². The molecule has 18 heavy (non-hydrogen) atoms. The molecule has 8 heteroatoms. The highest BCUT2D eigenvalue weighted by Crippen LogP contribution is 2.02. The van der Waals surface area contributed by atoms with Gasteiger partial charge in [0.2, 0.25) is 0 Å². The van der Waals surface area contributed by atoms with Crippen LogP contribution >= 0.6 is 11.6 Å². The Bertz CT molecular complexity index is 390. The van der Waals surface area contributed by atoms with Gasteiger partial charge in [0, 0.05) is 30.7 Å². The van der Waals surface area contributed by atoms with E-state index in [0.29, 0.717) is 17.1 Å². The van der Waals surface area contributed by atoms with E-state index in [1.54, 1.807) is 24.4 Å². The summed E-state index contributed by atoms with van der Waals surface area (Å²) in [6.07, 6.45) is 1.91. The van der Waals surface area contributed by atoms with E-state index in [2.05, 4.69) is 10.3 Å². The monoisotopic (exact) mass is 271 g/mol. The number of nitrogens with zero attached hydrogens (tertiary/aromatic N) is 4. The summed E-state index contributed by atoms with van der Waals surface area (Å²) in [7, 11) is 0. The van der Waals surface area contributed by atoms with E-state index < -0.39 is 6.03 Å². The minimum absolute atomic E-state index is 0.0333. The summed E-state index contributed by atoms with van der Waals surface area (Å²) in [5, 5.41) is 14.6. The van der Waals surface area contributed by atoms with Gasteiger partial charge in [-0.25, -0.2) is 4.79 Å². The Morgan fingerprint density at radius 2 is 2.22 bits per heavy atom. The first-order valence-electron chi connectivity index (χ1n) is 5.24. The number of hydroxylamine groups is 2. The second kappa shape index (κ2) is 7.57. The van der Waals surface area contributed by atoms with Crippen molar-refractivity contribution in [3.63, 3.8) is 0 Å². The van der Waals surface area contributed by atoms with Crippen LogP contribution in [0.1, 0.15) is 5.69 Å². The number of urea groups is 1. The molecule has 0 N–H and O–H groups in total. The maximum absolute atomic E-state index is 11.5. The van der Waals surface area contributed by atoms with E-state index in [9.17, 15) is 14.9 Å². The quantitative estimate of drug-likeness (QED) is 0.448. The SMILES string of the molecule is O=NN(CCCl)C(=O)N([O-])CCc1ccccn1. The third kappa shape index (κ3) is 4.27. The molecule has 0 fully saturated rings. The van der Waals surface area contributed by atoms with E-state index in [1.807, 2.05) is 0 Å². The van der Waals surface area contributed by atoms with Gasteiger partial charge in [0.15, 0.2) is 0 Å². The number of rotatable bonds is 6. The molecule has 1 aromatic rings. The molecule has 0 saturated carbocycles. The molecule has 0 aliphatic carbocycles. The lowest BCUT2D eigenvalue weighted by molar-refractivity contribution is 0.173. The van der Waals surface area contributed by atoms with Crippen LogP contribution in [0, 0.1) is 10.1 Å². The predicted molar refractivity (Wildman–Crippen MR) is 66.6 cm³/mol. The van der Waals surface area contributed by atoms with Crippen molar-refractivity contribution >= 4 is 17.6 Å². The number of hydrogen-bond acceptors (Lipinski definition) is 5. The highest BCUT2D eigenvalue weighted by Gasteiger charge is 2.14. The minimum atomic E-state index is -1.01. The highest BCUT2D eigenvalue weighted by atomic mass is 35.5. The van der Waals surface area contributed by atoms with Gasteiger partial charge in [-0.15, -0.1) is 16.5 Å². The molecule has 0 atom stereocenters. The Hall–Kier alpha value is -1.73. The molecule has 1 heterocycles. The summed E-state index contributed by atoms with van der Waals surface area (Å²) in [5.74, 6) is 0.0333. The third-order valence-electron chi connectivity index (χ3n) is 2.13. The summed E-state index contributed by atoms with van der Waals surface area (Å²) in [6, 6.07) is 4.27. The standard InChI is InChI=1S/C10H12ClN4O3/c11-5-8-14(13-17)10(16)15(18)7-4-9-3-1-2-6-12-9/h1-3,6H,4-5,7-8H2/q-1. The first-order valence-corrected chi connectivity index (χ1v) is 5.77. The van der Waals surface area contributed by atoms with Gasteiger partial charge in [0.1, 0.15) is 0 Å². The van der Waals surface area contributed by atoms with Crippen LogP contribution in [0.15, 0.2) is 29.7 Å². The van der Waals surface area contributed by atoms with Crippen molar-refractivity contribution in [2.45, 2.75) is 6.42 Å². The Morgan fingerprint density at radius 1 is 1.44 bits per heavy atom. The lowest BCUT2D eigenvalue weighted by Gasteiger charge is -2.30. The van der Waals surface area contributed by atoms with Crippen LogP contribution in [0.4, 0.5) is 4.79 Å². The number of carbonyl (C=O) groups is 1. The summed E-state index contributed by atoms with van der Waals surface area (Å²) < 4.78 is 0. The van der Waals surface area contributed by atoms with E-state index in [4.69, 9.17) is 11.6 Å². The van der Waals surface area contributed by atoms with Gasteiger partial charge in [-0.1, -0.05) is 6.07 Å². The lowest BCUT2D eigenvalue weighted by Crippen LogP contribution is -2.38. The predicted octanol–water partition coefficient (Wildman–Crippen LogP) is 1.77. The summed E-state index contributed by atoms with van der Waals surface area (Å²) >= 11 is 5.37. The first-order chi connectivity index (χ1) is 8.69. The van der Waals surface area contributed by atoms with Crippen molar-refractivity contribution in [1.82, 2.24) is 15.1 Å². The largest absolute Gasteiger partial charge is 0.755 e. The Kier molecular flexibility index (Phi) is 6.03. The van der Waals surface area contributed by atoms with Crippen LogP contribution in [0.2, 0.25) is 0 Å². The van der Waals surface area contributed by atoms with Crippen molar-refractivity contribution in [2.75, 3.05) is 19.0 Å². The molecule has 0 spiro atoms. The number of nitroso groups, excluding NO2 is 1. The summed E-state index contributed by atoms with van der Waals surface area (Å²) in [5.41, 5.74) is 0.689. The maximum atomic E-state index is 11.5. The zero-order valence-corrected chi connectivity index (χ0v) is 10.3. The van der Waals surface area contributed by atoms with Crippen molar-refractivity contribution in [3.05, 3.63) is 40.2 Å². The first kappa shape index (κ1) is 14.3. The number of carbonyl (C=O) groups excluding carboxylic acids is 1. The van der Waals surface area contributed by atoms with Crippen molar-refractivity contribution in [2.24, 2.45) is 5.29 Å². The van der Waals surface area contributed by atoms with Gasteiger partial charge in [-0.3, -0.25) is 4.98 Å². The van der Waals surface area contributed by atoms with Crippen LogP contribution in [0.3, 0.4) is 0 Å². The van der Waals surface area contributed by atoms with Crippen LogP contribution < -0.4 is 0 Å². The number of pyridine rings is 1. The second-order valence-electron chi connectivity index (χ2n) is 3.35. The zero-order valence-electron chi connectivity index (χ0n) is 9.53. The average molecular weight is 272 g/mol. The fraction of sp³-hybridized carbons (Fsp3) is 0.400. The smallest absolute Gasteiger partial charge is 0.332 e. The molecule has 1 aromatic heterocycles. The van der Waals surface area contributed by atoms with Crippen LogP contribution in [0.25, 0.3) is 0 Å². The van der Waals surface area contributed by atoms with Crippen molar-refractivity contribution < 1.29 is 4.79 Å². The fourth-order valence-corrected chi connectivity index (χ4v) is 1.40. The second-order valence-corrected chi connectivity index (χ2v) is 3.73. The topological polar surface area (TPSA) is 88.9 Å². The fourth-order valence-electron chi connectivity index (χ4n) is 1.24. The van der Waals surface area contributed by atoms with Gasteiger partial charge in [0.25, 0.3) is 0 Å². The molecule has 0 saturated heterocycles.